The Hall–Kier alpha value is -6.78. The van der Waals surface area contributed by atoms with E-state index in [4.69, 9.17) is 32.0 Å². The van der Waals surface area contributed by atoms with Crippen LogP contribution in [0, 0.1) is 36.5 Å². The highest BCUT2D eigenvalue weighted by molar-refractivity contribution is 5.86. The number of carbonyl (C=O) groups excluding carboxylic acids is 4. The van der Waals surface area contributed by atoms with Gasteiger partial charge in [0, 0.05) is 43.4 Å². The molecule has 4 N–H and O–H groups in total. The second kappa shape index (κ2) is 19.3. The molecule has 3 heterocycles. The monoisotopic (exact) mass is 818 g/mol. The van der Waals surface area contributed by atoms with Crippen LogP contribution in [0.3, 0.4) is 0 Å². The number of hydrogen-bond donors (Lipinski definition) is 4. The summed E-state index contributed by atoms with van der Waals surface area (Å²) in [5.41, 5.74) is 8.61. The van der Waals surface area contributed by atoms with Gasteiger partial charge in [0.25, 0.3) is 0 Å². The predicted octanol–water partition coefficient (Wildman–Crippen LogP) is 4.44. The van der Waals surface area contributed by atoms with Crippen LogP contribution in [0.5, 0.6) is 5.75 Å². The molecule has 2 aromatic heterocycles. The quantitative estimate of drug-likeness (QED) is 0.118. The van der Waals surface area contributed by atoms with Gasteiger partial charge in [0.2, 0.25) is 11.8 Å². The Morgan fingerprint density at radius 1 is 0.933 bits per heavy atom. The molecule has 0 saturated heterocycles. The molecular formula is C44H50N8O8. The zero-order valence-corrected chi connectivity index (χ0v) is 34.5. The number of amides is 4. The van der Waals surface area contributed by atoms with Crippen molar-refractivity contribution >= 4 is 24.0 Å². The van der Waals surface area contributed by atoms with Crippen molar-refractivity contribution in [2.75, 3.05) is 47.6 Å². The maximum absolute atomic E-state index is 13.6. The van der Waals surface area contributed by atoms with Crippen molar-refractivity contribution in [2.45, 2.75) is 58.8 Å². The summed E-state index contributed by atoms with van der Waals surface area (Å²) in [6, 6.07) is 9.61. The second-order valence-corrected chi connectivity index (χ2v) is 14.9. The number of nitrogens with one attached hydrogen (secondary N) is 4. The van der Waals surface area contributed by atoms with Crippen LogP contribution in [0.2, 0.25) is 0 Å². The van der Waals surface area contributed by atoms with Gasteiger partial charge in [0.15, 0.2) is 0 Å². The highest BCUT2D eigenvalue weighted by atomic mass is 16.5. The average Bonchev–Trinajstić information content (AvgIpc) is 3.91. The van der Waals surface area contributed by atoms with Gasteiger partial charge in [-0.05, 0) is 59.2 Å². The van der Waals surface area contributed by atoms with Crippen LogP contribution in [-0.4, -0.2) is 107 Å². The number of imidazole rings is 2. The average molecular weight is 819 g/mol. The molecule has 1 aliphatic heterocycles. The molecule has 0 radical (unpaired) electrons. The number of aromatic nitrogens is 4. The summed E-state index contributed by atoms with van der Waals surface area (Å²) < 4.78 is 21.0. The number of fused-ring (bicyclic) bond motifs is 6. The minimum atomic E-state index is -0.797. The van der Waals surface area contributed by atoms with E-state index >= 15 is 0 Å². The maximum Gasteiger partial charge on any atom is 0.407 e. The summed E-state index contributed by atoms with van der Waals surface area (Å²) in [5.74, 6) is 6.00. The molecule has 60 heavy (non-hydrogen) atoms. The van der Waals surface area contributed by atoms with E-state index in [9.17, 15) is 19.2 Å². The number of carbonyl (C=O) groups is 4. The van der Waals surface area contributed by atoms with Gasteiger partial charge in [-0.3, -0.25) is 9.59 Å². The van der Waals surface area contributed by atoms with E-state index in [1.165, 1.54) is 14.2 Å². The lowest BCUT2D eigenvalue weighted by Crippen LogP contribution is -2.51. The summed E-state index contributed by atoms with van der Waals surface area (Å²) >= 11 is 0. The summed E-state index contributed by atoms with van der Waals surface area (Å²) in [4.78, 5) is 70.0. The van der Waals surface area contributed by atoms with E-state index < -0.39 is 18.2 Å². The number of nitrogens with zero attached hydrogens (tertiary/aromatic N) is 4. The van der Waals surface area contributed by atoms with Crippen LogP contribution in [0.1, 0.15) is 48.7 Å². The third kappa shape index (κ3) is 9.73. The van der Waals surface area contributed by atoms with E-state index in [0.717, 1.165) is 69.1 Å². The number of hydrogen-bond acceptors (Lipinski definition) is 10. The lowest BCUT2D eigenvalue weighted by Gasteiger charge is -2.28. The van der Waals surface area contributed by atoms with Gasteiger partial charge in [0.05, 0.1) is 57.4 Å². The van der Waals surface area contributed by atoms with Crippen molar-refractivity contribution in [3.63, 3.8) is 0 Å². The van der Waals surface area contributed by atoms with Crippen molar-refractivity contribution in [3.8, 4) is 64.1 Å². The van der Waals surface area contributed by atoms with Crippen LogP contribution in [0.15, 0.2) is 36.5 Å². The molecule has 2 aliphatic rings. The smallest absolute Gasteiger partial charge is 0.407 e. The minimum absolute atomic E-state index is 0.149. The van der Waals surface area contributed by atoms with Gasteiger partial charge in [-0.1, -0.05) is 31.9 Å². The molecule has 6 rings (SSSR count). The molecule has 0 fully saturated rings. The van der Waals surface area contributed by atoms with Crippen LogP contribution in [0.25, 0.3) is 33.6 Å². The Balaban J connectivity index is 1.20. The number of rotatable bonds is 16. The van der Waals surface area contributed by atoms with Crippen molar-refractivity contribution in [1.82, 2.24) is 40.4 Å². The van der Waals surface area contributed by atoms with E-state index in [-0.39, 0.29) is 56.4 Å². The number of ether oxygens (including phenoxy) is 4. The van der Waals surface area contributed by atoms with Gasteiger partial charge in [0.1, 0.15) is 36.6 Å². The molecule has 0 saturated carbocycles. The SMILES string of the molecule is C#CCCN(Cc1ncc(-c2ccc3c(c2)COc2cc4c(cc2-3)CCc2[nH]c(CN(C[C@@H](C#C)COC)C(=O)CNC(=O)OC)nc2-4)[nH]1)C(=O)[C@@H](NC(=O)OC)C(C)C. The van der Waals surface area contributed by atoms with Crippen molar-refractivity contribution in [3.05, 3.63) is 65.0 Å². The minimum Gasteiger partial charge on any atom is -0.488 e. The number of terminal acetylenes is 2. The molecule has 2 aromatic carbocycles. The van der Waals surface area contributed by atoms with Gasteiger partial charge >= 0.3 is 12.2 Å². The lowest BCUT2D eigenvalue weighted by molar-refractivity contribution is -0.135. The zero-order chi connectivity index (χ0) is 42.9. The molecule has 0 bridgehead atoms. The molecular weight excluding hydrogens is 769 g/mol. The molecule has 0 spiro atoms. The van der Waals surface area contributed by atoms with Crippen LogP contribution >= 0.6 is 0 Å². The van der Waals surface area contributed by atoms with Crippen molar-refractivity contribution in [1.29, 1.82) is 0 Å². The van der Waals surface area contributed by atoms with Crippen LogP contribution < -0.4 is 15.4 Å². The largest absolute Gasteiger partial charge is 0.488 e. The third-order valence-electron chi connectivity index (χ3n) is 10.5. The van der Waals surface area contributed by atoms with Gasteiger partial charge in [-0.15, -0.1) is 18.8 Å². The normalized spacial score (nSPS) is 13.1. The Morgan fingerprint density at radius 3 is 2.43 bits per heavy atom. The number of aromatic amines is 2. The highest BCUT2D eigenvalue weighted by Crippen LogP contribution is 2.44. The molecule has 16 nitrogen and oxygen atoms in total. The Kier molecular flexibility index (Phi) is 13.8. The first-order chi connectivity index (χ1) is 29.0. The lowest BCUT2D eigenvalue weighted by atomic mass is 9.86. The number of H-pyrrole nitrogens is 2. The van der Waals surface area contributed by atoms with Crippen LogP contribution in [-0.2, 0) is 56.3 Å². The van der Waals surface area contributed by atoms with Gasteiger partial charge < -0.3 is 49.3 Å². The molecule has 2 atom stereocenters. The first-order valence-electron chi connectivity index (χ1n) is 19.6. The standard InChI is InChI=1S/C44H50N8O8/c1-8-10-15-51(42(54)40(26(3)4)50-44(56)59-7)22-37-45-19-35(48-37)29-11-13-31-30(16-29)25-60-36-18-32-28(17-33(31)36)12-14-34-41(32)49-38(47-34)23-52(21-27(9-2)24-57-5)39(53)20-46-43(55)58-6/h1-2,11,13,16-19,26-27,40H,10,12,14-15,20-25H2,3-7H3,(H,45,48)(H,46,55)(H,47,49)(H,50,56)/t27-,40+/m1/s1. The summed E-state index contributed by atoms with van der Waals surface area (Å²) in [6.07, 6.45) is 13.5. The predicted molar refractivity (Wildman–Crippen MR) is 222 cm³/mol. The highest BCUT2D eigenvalue weighted by Gasteiger charge is 2.31. The number of aryl methyl sites for hydroxylation is 2. The zero-order valence-electron chi connectivity index (χ0n) is 34.5. The van der Waals surface area contributed by atoms with Crippen molar-refractivity contribution < 1.29 is 38.1 Å². The molecule has 314 valence electrons. The first kappa shape index (κ1) is 42.8. The summed E-state index contributed by atoms with van der Waals surface area (Å²) in [5, 5.41) is 5.09. The Labute approximate surface area is 349 Å². The number of methoxy groups -OCH3 is 3. The topological polar surface area (TPSA) is 193 Å². The molecule has 0 unspecified atom stereocenters. The van der Waals surface area contributed by atoms with Crippen LogP contribution in [0.4, 0.5) is 9.59 Å². The van der Waals surface area contributed by atoms with Gasteiger partial charge in [-0.2, -0.15) is 0 Å². The van der Waals surface area contributed by atoms with E-state index in [1.54, 1.807) is 23.1 Å². The Morgan fingerprint density at radius 2 is 1.72 bits per heavy atom. The molecule has 4 amide bonds. The fourth-order valence-electron chi connectivity index (χ4n) is 7.40. The summed E-state index contributed by atoms with van der Waals surface area (Å²) in [7, 11) is 4.04. The second-order valence-electron chi connectivity index (χ2n) is 14.9. The van der Waals surface area contributed by atoms with E-state index in [2.05, 4.69) is 60.4 Å². The van der Waals surface area contributed by atoms with Gasteiger partial charge in [-0.25, -0.2) is 19.6 Å². The third-order valence-corrected chi connectivity index (χ3v) is 10.5. The summed E-state index contributed by atoms with van der Waals surface area (Å²) in [6.45, 7) is 4.87. The maximum atomic E-state index is 13.6. The molecule has 1 aliphatic carbocycles. The molecule has 16 heteroatoms. The fourth-order valence-corrected chi connectivity index (χ4v) is 7.40. The molecule has 4 aromatic rings. The van der Waals surface area contributed by atoms with Crippen molar-refractivity contribution in [2.24, 2.45) is 11.8 Å². The fraction of sp³-hybridized carbons (Fsp3) is 0.409. The number of benzene rings is 2. The van der Waals surface area contributed by atoms with E-state index in [0.29, 0.717) is 31.2 Å². The first-order valence-corrected chi connectivity index (χ1v) is 19.6. The van der Waals surface area contributed by atoms with E-state index in [1.807, 2.05) is 26.0 Å². The number of alkyl carbamates (subject to hydrolysis) is 2. The Bertz CT molecular complexity index is 2320.